The largest absolute Gasteiger partial charge is 0.206 e. The van der Waals surface area contributed by atoms with Crippen LogP contribution in [-0.4, -0.2) is 0 Å². The summed E-state index contributed by atoms with van der Waals surface area (Å²) in [6, 6.07) is 11.2. The van der Waals surface area contributed by atoms with Crippen molar-refractivity contribution in [3.05, 3.63) is 59.2 Å². The fourth-order valence-corrected chi connectivity index (χ4v) is 2.68. The SMILES string of the molecule is CCCCCCCc1ccc(-c2c(F)cc(C#N)cc2F)cc1. The van der Waals surface area contributed by atoms with Crippen LogP contribution in [0.2, 0.25) is 0 Å². The summed E-state index contributed by atoms with van der Waals surface area (Å²) in [5.74, 6) is -1.40. The summed E-state index contributed by atoms with van der Waals surface area (Å²) < 4.78 is 28.0. The fraction of sp³-hybridized carbons (Fsp3) is 0.350. The van der Waals surface area contributed by atoms with Gasteiger partial charge in [-0.05, 0) is 36.1 Å². The molecule has 0 saturated heterocycles. The lowest BCUT2D eigenvalue weighted by molar-refractivity contribution is 0.589. The van der Waals surface area contributed by atoms with Gasteiger partial charge in [-0.15, -0.1) is 0 Å². The number of aryl methyl sites for hydroxylation is 1. The van der Waals surface area contributed by atoms with E-state index < -0.39 is 11.6 Å². The van der Waals surface area contributed by atoms with Gasteiger partial charge in [-0.3, -0.25) is 0 Å². The number of hydrogen-bond acceptors (Lipinski definition) is 1. The first-order chi connectivity index (χ1) is 11.2. The molecule has 0 aromatic heterocycles. The Labute approximate surface area is 136 Å². The van der Waals surface area contributed by atoms with E-state index in [0.29, 0.717) is 5.56 Å². The Morgan fingerprint density at radius 2 is 1.52 bits per heavy atom. The second-order valence-corrected chi connectivity index (χ2v) is 5.79. The Bertz CT molecular complexity index is 661. The van der Waals surface area contributed by atoms with E-state index in [1.807, 2.05) is 12.1 Å². The second-order valence-electron chi connectivity index (χ2n) is 5.79. The number of nitriles is 1. The van der Waals surface area contributed by atoms with Crippen molar-refractivity contribution in [3.63, 3.8) is 0 Å². The van der Waals surface area contributed by atoms with Gasteiger partial charge in [-0.2, -0.15) is 5.26 Å². The lowest BCUT2D eigenvalue weighted by Crippen LogP contribution is -1.93. The Morgan fingerprint density at radius 3 is 2.09 bits per heavy atom. The van der Waals surface area contributed by atoms with Crippen molar-refractivity contribution in [2.75, 3.05) is 0 Å². The second kappa shape index (κ2) is 8.43. The third-order valence-corrected chi connectivity index (χ3v) is 3.98. The standard InChI is InChI=1S/C20H21F2N/c1-2-3-4-5-6-7-15-8-10-17(11-9-15)20-18(21)12-16(14-23)13-19(20)22/h8-13H,2-7H2,1H3. The molecule has 0 bridgehead atoms. The van der Waals surface area contributed by atoms with Gasteiger partial charge in [0.15, 0.2) is 0 Å². The highest BCUT2D eigenvalue weighted by Crippen LogP contribution is 2.27. The summed E-state index contributed by atoms with van der Waals surface area (Å²) in [5.41, 5.74) is 1.60. The van der Waals surface area contributed by atoms with Crippen molar-refractivity contribution < 1.29 is 8.78 Å². The highest BCUT2D eigenvalue weighted by Gasteiger charge is 2.13. The van der Waals surface area contributed by atoms with E-state index in [0.717, 1.165) is 25.0 Å². The number of halogens is 2. The molecule has 1 nitrogen and oxygen atoms in total. The molecule has 2 aromatic carbocycles. The molecule has 0 atom stereocenters. The average Bonchev–Trinajstić information content (AvgIpc) is 2.55. The average molecular weight is 313 g/mol. The van der Waals surface area contributed by atoms with Crippen LogP contribution in [0.25, 0.3) is 11.1 Å². The minimum absolute atomic E-state index is 0.00699. The van der Waals surface area contributed by atoms with Gasteiger partial charge in [-0.1, -0.05) is 56.9 Å². The van der Waals surface area contributed by atoms with Crippen molar-refractivity contribution in [3.8, 4) is 17.2 Å². The summed E-state index contributed by atoms with van der Waals surface area (Å²) in [6.45, 7) is 2.19. The molecule has 3 heteroatoms. The molecule has 0 saturated carbocycles. The lowest BCUT2D eigenvalue weighted by Gasteiger charge is -2.07. The van der Waals surface area contributed by atoms with Crippen molar-refractivity contribution in [2.24, 2.45) is 0 Å². The van der Waals surface area contributed by atoms with Crippen LogP contribution in [0.3, 0.4) is 0 Å². The zero-order valence-corrected chi connectivity index (χ0v) is 13.4. The van der Waals surface area contributed by atoms with Gasteiger partial charge in [0.25, 0.3) is 0 Å². The van der Waals surface area contributed by atoms with Gasteiger partial charge in [0, 0.05) is 0 Å². The Hall–Kier alpha value is -2.21. The molecule has 23 heavy (non-hydrogen) atoms. The van der Waals surface area contributed by atoms with Crippen LogP contribution in [-0.2, 0) is 6.42 Å². The van der Waals surface area contributed by atoms with E-state index in [1.165, 1.54) is 31.2 Å². The predicted molar refractivity (Wildman–Crippen MR) is 89.0 cm³/mol. The summed E-state index contributed by atoms with van der Waals surface area (Å²) in [5, 5.41) is 8.74. The quantitative estimate of drug-likeness (QED) is 0.574. The van der Waals surface area contributed by atoms with Crippen LogP contribution in [0.1, 0.15) is 50.2 Å². The predicted octanol–water partition coefficient (Wildman–Crippen LogP) is 6.02. The van der Waals surface area contributed by atoms with Crippen LogP contribution in [0.15, 0.2) is 36.4 Å². The molecule has 0 radical (unpaired) electrons. The number of hydrogen-bond donors (Lipinski definition) is 0. The molecular formula is C20H21F2N. The minimum atomic E-state index is -0.700. The monoisotopic (exact) mass is 313 g/mol. The van der Waals surface area contributed by atoms with Gasteiger partial charge in [0.05, 0.1) is 17.2 Å². The van der Waals surface area contributed by atoms with Crippen LogP contribution < -0.4 is 0 Å². The zero-order chi connectivity index (χ0) is 16.7. The zero-order valence-electron chi connectivity index (χ0n) is 13.4. The fourth-order valence-electron chi connectivity index (χ4n) is 2.68. The first kappa shape index (κ1) is 17.1. The molecule has 0 fully saturated rings. The van der Waals surface area contributed by atoms with E-state index >= 15 is 0 Å². The third kappa shape index (κ3) is 4.63. The van der Waals surface area contributed by atoms with Crippen molar-refractivity contribution in [1.29, 1.82) is 5.26 Å². The lowest BCUT2D eigenvalue weighted by atomic mass is 9.99. The van der Waals surface area contributed by atoms with Gasteiger partial charge < -0.3 is 0 Å². The number of unbranched alkanes of at least 4 members (excludes halogenated alkanes) is 4. The number of rotatable bonds is 7. The van der Waals surface area contributed by atoms with Crippen LogP contribution in [0.4, 0.5) is 8.78 Å². The summed E-state index contributed by atoms with van der Waals surface area (Å²) in [6.07, 6.45) is 7.11. The van der Waals surface area contributed by atoms with Crippen molar-refractivity contribution in [1.82, 2.24) is 0 Å². The Balaban J connectivity index is 2.07. The highest BCUT2D eigenvalue weighted by molar-refractivity contribution is 5.66. The number of benzene rings is 2. The molecule has 0 heterocycles. The molecule has 0 aliphatic carbocycles. The molecule has 0 amide bonds. The van der Waals surface area contributed by atoms with Crippen molar-refractivity contribution >= 4 is 0 Å². The molecule has 2 aromatic rings. The van der Waals surface area contributed by atoms with E-state index in [9.17, 15) is 8.78 Å². The maximum atomic E-state index is 14.0. The van der Waals surface area contributed by atoms with Crippen LogP contribution in [0, 0.1) is 23.0 Å². The topological polar surface area (TPSA) is 23.8 Å². The van der Waals surface area contributed by atoms with Crippen LogP contribution in [0.5, 0.6) is 0 Å². The first-order valence-corrected chi connectivity index (χ1v) is 8.14. The summed E-state index contributed by atoms with van der Waals surface area (Å²) >= 11 is 0. The van der Waals surface area contributed by atoms with E-state index in [-0.39, 0.29) is 11.1 Å². The van der Waals surface area contributed by atoms with E-state index in [2.05, 4.69) is 6.92 Å². The smallest absolute Gasteiger partial charge is 0.135 e. The van der Waals surface area contributed by atoms with Crippen LogP contribution >= 0.6 is 0 Å². The molecule has 0 aliphatic rings. The Kier molecular flexibility index (Phi) is 6.29. The molecule has 0 aliphatic heterocycles. The molecule has 0 N–H and O–H groups in total. The molecule has 2 rings (SSSR count). The van der Waals surface area contributed by atoms with Crippen molar-refractivity contribution in [2.45, 2.75) is 45.4 Å². The van der Waals surface area contributed by atoms with Gasteiger partial charge in [-0.25, -0.2) is 8.78 Å². The maximum absolute atomic E-state index is 14.0. The molecule has 0 unspecified atom stereocenters. The van der Waals surface area contributed by atoms with Gasteiger partial charge in [0.2, 0.25) is 0 Å². The van der Waals surface area contributed by atoms with E-state index in [1.54, 1.807) is 18.2 Å². The third-order valence-electron chi connectivity index (χ3n) is 3.98. The summed E-state index contributed by atoms with van der Waals surface area (Å²) in [4.78, 5) is 0. The number of nitrogens with zero attached hydrogens (tertiary/aromatic N) is 1. The minimum Gasteiger partial charge on any atom is -0.206 e. The molecule has 120 valence electrons. The molecule has 0 spiro atoms. The van der Waals surface area contributed by atoms with Gasteiger partial charge in [0.1, 0.15) is 11.6 Å². The Morgan fingerprint density at radius 1 is 0.913 bits per heavy atom. The summed E-state index contributed by atoms with van der Waals surface area (Å²) in [7, 11) is 0. The maximum Gasteiger partial charge on any atom is 0.135 e. The van der Waals surface area contributed by atoms with Gasteiger partial charge >= 0.3 is 0 Å². The highest BCUT2D eigenvalue weighted by atomic mass is 19.1. The normalized spacial score (nSPS) is 10.5. The first-order valence-electron chi connectivity index (χ1n) is 8.14. The molecular weight excluding hydrogens is 292 g/mol. The van der Waals surface area contributed by atoms with E-state index in [4.69, 9.17) is 5.26 Å².